The predicted octanol–water partition coefficient (Wildman–Crippen LogP) is 5.94. The number of para-hydroxylation sites is 2. The first-order valence-corrected chi connectivity index (χ1v) is 9.35. The monoisotopic (exact) mass is 367 g/mol. The molecule has 0 atom stereocenters. The maximum Gasteiger partial charge on any atom is 0.159 e. The minimum Gasteiger partial charge on any atom is -0.306 e. The largest absolute Gasteiger partial charge is 0.306 e. The Morgan fingerprint density at radius 1 is 0.821 bits per heavy atom. The van der Waals surface area contributed by atoms with Gasteiger partial charge in [-0.05, 0) is 42.3 Å². The molecular weight excluding hydrogens is 349 g/mol. The molecule has 0 aliphatic rings. The molecule has 0 fully saturated rings. The van der Waals surface area contributed by atoms with Crippen LogP contribution >= 0.6 is 0 Å². The van der Waals surface area contributed by atoms with E-state index in [1.807, 2.05) is 59.4 Å². The van der Waals surface area contributed by atoms with Crippen LogP contribution in [0.1, 0.15) is 12.5 Å². The van der Waals surface area contributed by atoms with Crippen molar-refractivity contribution in [1.29, 1.82) is 0 Å². The minimum atomic E-state index is -0.277. The third-order valence-electron chi connectivity index (χ3n) is 5.14. The maximum absolute atomic E-state index is 15.0. The Kier molecular flexibility index (Phi) is 3.90. The fraction of sp³-hybridized carbons (Fsp3) is 0.0833. The van der Waals surface area contributed by atoms with E-state index in [-0.39, 0.29) is 5.82 Å². The second-order valence-corrected chi connectivity index (χ2v) is 6.80. The maximum atomic E-state index is 15.0. The zero-order valence-corrected chi connectivity index (χ0v) is 15.4. The van der Waals surface area contributed by atoms with E-state index in [1.165, 1.54) is 6.07 Å². The van der Waals surface area contributed by atoms with Gasteiger partial charge in [0.2, 0.25) is 0 Å². The second-order valence-electron chi connectivity index (χ2n) is 6.80. The van der Waals surface area contributed by atoms with Crippen molar-refractivity contribution in [3.8, 4) is 17.1 Å². The van der Waals surface area contributed by atoms with Crippen LogP contribution in [0.2, 0.25) is 0 Å². The Morgan fingerprint density at radius 2 is 1.43 bits per heavy atom. The molecule has 2 aromatic heterocycles. The lowest BCUT2D eigenvalue weighted by Gasteiger charge is -2.11. The summed E-state index contributed by atoms with van der Waals surface area (Å²) in [5.41, 5.74) is 4.32. The lowest BCUT2D eigenvalue weighted by molar-refractivity contribution is 0.621. The van der Waals surface area contributed by atoms with E-state index in [2.05, 4.69) is 29.0 Å². The number of benzene rings is 3. The van der Waals surface area contributed by atoms with Crippen molar-refractivity contribution in [1.82, 2.24) is 14.5 Å². The molecule has 0 aliphatic carbocycles. The summed E-state index contributed by atoms with van der Waals surface area (Å²) in [6.45, 7) is 2.07. The number of aromatic nitrogens is 3. The lowest BCUT2D eigenvalue weighted by Crippen LogP contribution is -1.99. The molecule has 0 saturated heterocycles. The second kappa shape index (κ2) is 6.57. The zero-order valence-electron chi connectivity index (χ0n) is 15.4. The van der Waals surface area contributed by atoms with Crippen LogP contribution in [0, 0.1) is 5.82 Å². The molecule has 5 rings (SSSR count). The molecule has 0 radical (unpaired) electrons. The van der Waals surface area contributed by atoms with Crippen LogP contribution in [0.3, 0.4) is 0 Å². The van der Waals surface area contributed by atoms with E-state index in [1.54, 1.807) is 6.07 Å². The Hall–Kier alpha value is -3.53. The number of hydrogen-bond donors (Lipinski definition) is 0. The summed E-state index contributed by atoms with van der Waals surface area (Å²) in [5, 5.41) is 2.21. The summed E-state index contributed by atoms with van der Waals surface area (Å²) in [4.78, 5) is 8.91. The molecule has 3 aromatic carbocycles. The molecule has 0 bridgehead atoms. The van der Waals surface area contributed by atoms with Crippen LogP contribution in [0.4, 0.5) is 4.39 Å². The number of aryl methyl sites for hydroxylation is 1. The van der Waals surface area contributed by atoms with Gasteiger partial charge >= 0.3 is 0 Å². The first kappa shape index (κ1) is 16.6. The minimum absolute atomic E-state index is 0.277. The molecule has 0 aliphatic heterocycles. The van der Waals surface area contributed by atoms with Gasteiger partial charge in [0.15, 0.2) is 5.82 Å². The first-order valence-electron chi connectivity index (χ1n) is 9.35. The highest BCUT2D eigenvalue weighted by Crippen LogP contribution is 2.33. The molecule has 3 nitrogen and oxygen atoms in total. The third-order valence-corrected chi connectivity index (χ3v) is 5.14. The first-order chi connectivity index (χ1) is 13.8. The molecule has 0 amide bonds. The number of nitrogens with zero attached hydrogens (tertiary/aromatic N) is 3. The highest BCUT2D eigenvalue weighted by molar-refractivity contribution is 6.09. The Labute approximate surface area is 162 Å². The van der Waals surface area contributed by atoms with E-state index in [0.29, 0.717) is 11.5 Å². The normalized spacial score (nSPS) is 11.4. The van der Waals surface area contributed by atoms with Crippen molar-refractivity contribution in [2.45, 2.75) is 13.3 Å². The number of hydrogen-bond acceptors (Lipinski definition) is 2. The van der Waals surface area contributed by atoms with Crippen LogP contribution in [-0.2, 0) is 6.42 Å². The van der Waals surface area contributed by atoms with Crippen molar-refractivity contribution in [2.24, 2.45) is 0 Å². The zero-order chi connectivity index (χ0) is 19.1. The van der Waals surface area contributed by atoms with Gasteiger partial charge in [-0.3, -0.25) is 0 Å². The van der Waals surface area contributed by atoms with Crippen LogP contribution in [0.5, 0.6) is 0 Å². The summed E-state index contributed by atoms with van der Waals surface area (Å²) >= 11 is 0. The van der Waals surface area contributed by atoms with Crippen molar-refractivity contribution < 1.29 is 4.39 Å². The number of halogens is 1. The van der Waals surface area contributed by atoms with Gasteiger partial charge in [-0.2, -0.15) is 0 Å². The van der Waals surface area contributed by atoms with Crippen LogP contribution in [-0.4, -0.2) is 14.5 Å². The standard InChI is InChI=1S/C24H18FN3/c1-2-16-14-26-24(27-15-16)17-11-12-20(25)23(13-17)28-21-9-5-3-7-18(21)19-8-4-6-10-22(19)28/h3-15H,2H2,1H3. The summed E-state index contributed by atoms with van der Waals surface area (Å²) in [6.07, 6.45) is 4.54. The van der Waals surface area contributed by atoms with Crippen molar-refractivity contribution in [2.75, 3.05) is 0 Å². The average molecular weight is 367 g/mol. The Balaban J connectivity index is 1.77. The molecule has 4 heteroatoms. The lowest BCUT2D eigenvalue weighted by atomic mass is 10.1. The van der Waals surface area contributed by atoms with Crippen molar-refractivity contribution in [3.63, 3.8) is 0 Å². The molecule has 5 aromatic rings. The van der Waals surface area contributed by atoms with Gasteiger partial charge in [0.25, 0.3) is 0 Å². The van der Waals surface area contributed by atoms with Crippen molar-refractivity contribution >= 4 is 21.8 Å². The topological polar surface area (TPSA) is 30.7 Å². The van der Waals surface area contributed by atoms with Crippen LogP contribution < -0.4 is 0 Å². The summed E-state index contributed by atoms with van der Waals surface area (Å²) < 4.78 is 16.9. The average Bonchev–Trinajstić information content (AvgIpc) is 3.09. The van der Waals surface area contributed by atoms with E-state index in [4.69, 9.17) is 0 Å². The molecule has 0 N–H and O–H groups in total. The smallest absolute Gasteiger partial charge is 0.159 e. The van der Waals surface area contributed by atoms with E-state index < -0.39 is 0 Å². The SMILES string of the molecule is CCc1cnc(-c2ccc(F)c(-n3c4ccccc4c4ccccc43)c2)nc1. The van der Waals surface area contributed by atoms with E-state index >= 15 is 0 Å². The Bertz CT molecular complexity index is 1250. The molecular formula is C24H18FN3. The van der Waals surface area contributed by atoms with Gasteiger partial charge < -0.3 is 4.57 Å². The highest BCUT2D eigenvalue weighted by atomic mass is 19.1. The molecule has 28 heavy (non-hydrogen) atoms. The molecule has 136 valence electrons. The summed E-state index contributed by atoms with van der Waals surface area (Å²) in [5.74, 6) is 0.319. The quantitative estimate of drug-likeness (QED) is 0.395. The van der Waals surface area contributed by atoms with Crippen LogP contribution in [0.25, 0.3) is 38.9 Å². The number of fused-ring (bicyclic) bond motifs is 3. The van der Waals surface area contributed by atoms with Gasteiger partial charge in [0.1, 0.15) is 5.82 Å². The molecule has 0 saturated carbocycles. The molecule has 2 heterocycles. The van der Waals surface area contributed by atoms with E-state index in [0.717, 1.165) is 39.4 Å². The Morgan fingerprint density at radius 3 is 2.04 bits per heavy atom. The molecule has 0 unspecified atom stereocenters. The number of rotatable bonds is 3. The van der Waals surface area contributed by atoms with Gasteiger partial charge in [-0.1, -0.05) is 43.3 Å². The highest BCUT2D eigenvalue weighted by Gasteiger charge is 2.15. The van der Waals surface area contributed by atoms with Gasteiger partial charge in [-0.25, -0.2) is 14.4 Å². The van der Waals surface area contributed by atoms with Gasteiger partial charge in [0, 0.05) is 28.7 Å². The summed E-state index contributed by atoms with van der Waals surface area (Å²) in [7, 11) is 0. The van der Waals surface area contributed by atoms with Gasteiger partial charge in [0.05, 0.1) is 16.7 Å². The molecule has 0 spiro atoms. The van der Waals surface area contributed by atoms with Gasteiger partial charge in [-0.15, -0.1) is 0 Å². The third kappa shape index (κ3) is 2.57. The van der Waals surface area contributed by atoms with Crippen molar-refractivity contribution in [3.05, 3.63) is 90.5 Å². The summed E-state index contributed by atoms with van der Waals surface area (Å²) in [6, 6.07) is 21.2. The predicted molar refractivity (Wildman–Crippen MR) is 111 cm³/mol. The fourth-order valence-electron chi connectivity index (χ4n) is 3.69. The fourth-order valence-corrected chi connectivity index (χ4v) is 3.69. The van der Waals surface area contributed by atoms with Crippen LogP contribution in [0.15, 0.2) is 79.1 Å². The van der Waals surface area contributed by atoms with E-state index in [9.17, 15) is 4.39 Å².